The summed E-state index contributed by atoms with van der Waals surface area (Å²) in [5, 5.41) is 1.72. The van der Waals surface area contributed by atoms with Crippen LogP contribution in [-0.2, 0) is 15.8 Å². The number of ether oxygens (including phenoxy) is 4. The first-order valence-electron chi connectivity index (χ1n) is 19.0. The van der Waals surface area contributed by atoms with Gasteiger partial charge in [0, 0.05) is 57.9 Å². The van der Waals surface area contributed by atoms with Crippen molar-refractivity contribution in [2.75, 3.05) is 45.4 Å². The number of methoxy groups -OCH3 is 2. The van der Waals surface area contributed by atoms with E-state index in [0.717, 1.165) is 88.4 Å². The van der Waals surface area contributed by atoms with E-state index in [0.29, 0.717) is 35.8 Å². The summed E-state index contributed by atoms with van der Waals surface area (Å²) in [5.41, 5.74) is 5.13. The van der Waals surface area contributed by atoms with Crippen molar-refractivity contribution in [3.63, 3.8) is 0 Å². The first-order chi connectivity index (χ1) is 25.9. The van der Waals surface area contributed by atoms with Crippen LogP contribution in [0.3, 0.4) is 0 Å². The zero-order valence-electron chi connectivity index (χ0n) is 31.9. The van der Waals surface area contributed by atoms with Crippen LogP contribution in [0.5, 0.6) is 17.2 Å². The highest BCUT2D eigenvalue weighted by Gasteiger charge is 2.57. The van der Waals surface area contributed by atoms with Crippen molar-refractivity contribution in [3.05, 3.63) is 124 Å². The molecule has 7 heteroatoms. The number of rotatable bonds is 5. The van der Waals surface area contributed by atoms with Gasteiger partial charge in [0.1, 0.15) is 28.9 Å². The maximum atomic E-state index is 16.7. The molecule has 9 rings (SSSR count). The third-order valence-electron chi connectivity index (χ3n) is 12.2. The molecular formula is C47H47F2NO4. The Morgan fingerprint density at radius 2 is 1.31 bits per heavy atom. The number of benzene rings is 5. The Labute approximate surface area is 316 Å². The third-order valence-corrected chi connectivity index (χ3v) is 12.2. The van der Waals surface area contributed by atoms with Gasteiger partial charge < -0.3 is 23.8 Å². The van der Waals surface area contributed by atoms with Gasteiger partial charge in [-0.2, -0.15) is 0 Å². The van der Waals surface area contributed by atoms with Gasteiger partial charge in [0.05, 0.1) is 27.4 Å². The predicted molar refractivity (Wildman–Crippen MR) is 211 cm³/mol. The number of halogens is 2. The summed E-state index contributed by atoms with van der Waals surface area (Å²) in [7, 11) is 3.32. The molecule has 2 aliphatic heterocycles. The molecule has 5 nitrogen and oxygen atoms in total. The molecule has 0 bridgehead atoms. The molecule has 54 heavy (non-hydrogen) atoms. The molecule has 2 aliphatic carbocycles. The van der Waals surface area contributed by atoms with Crippen LogP contribution in [-0.4, -0.2) is 40.5 Å². The van der Waals surface area contributed by atoms with Gasteiger partial charge in [-0.1, -0.05) is 58.0 Å². The molecule has 0 aromatic heterocycles. The molecule has 1 saturated heterocycles. The fourth-order valence-electron chi connectivity index (χ4n) is 10.9. The lowest BCUT2D eigenvalue weighted by Crippen LogP contribution is -2.45. The lowest BCUT2D eigenvalue weighted by Gasteiger charge is -2.52. The Kier molecular flexibility index (Phi) is 7.95. The van der Waals surface area contributed by atoms with E-state index in [-0.39, 0.29) is 10.8 Å². The largest absolute Gasteiger partial charge is 0.497 e. The quantitative estimate of drug-likeness (QED) is 0.180. The minimum absolute atomic E-state index is 0.114. The summed E-state index contributed by atoms with van der Waals surface area (Å²) in [4.78, 5) is 2.34. The fraction of sp³-hybridized carbons (Fsp3) is 0.362. The minimum Gasteiger partial charge on any atom is -0.497 e. The van der Waals surface area contributed by atoms with Crippen LogP contribution < -0.4 is 19.1 Å². The number of hydrogen-bond donors (Lipinski definition) is 0. The van der Waals surface area contributed by atoms with Crippen molar-refractivity contribution < 1.29 is 27.7 Å². The molecular weight excluding hydrogens is 681 g/mol. The number of hydrogen-bond acceptors (Lipinski definition) is 5. The molecule has 2 heterocycles. The zero-order chi connectivity index (χ0) is 37.6. The van der Waals surface area contributed by atoms with E-state index in [1.807, 2.05) is 30.3 Å². The van der Waals surface area contributed by atoms with E-state index in [1.165, 1.54) is 0 Å². The van der Waals surface area contributed by atoms with E-state index in [4.69, 9.17) is 18.9 Å². The first-order valence-corrected chi connectivity index (χ1v) is 19.0. The van der Waals surface area contributed by atoms with Crippen molar-refractivity contribution in [1.82, 2.24) is 0 Å². The Bertz CT molecular complexity index is 2310. The second-order valence-corrected chi connectivity index (χ2v) is 17.2. The van der Waals surface area contributed by atoms with Gasteiger partial charge in [0.25, 0.3) is 0 Å². The molecule has 0 radical (unpaired) electrons. The average Bonchev–Trinajstić information content (AvgIpc) is 3.41. The Morgan fingerprint density at radius 1 is 0.685 bits per heavy atom. The molecule has 1 unspecified atom stereocenters. The molecule has 5 aromatic carbocycles. The van der Waals surface area contributed by atoms with Crippen LogP contribution in [0.4, 0.5) is 14.5 Å². The molecule has 5 aromatic rings. The molecule has 0 amide bonds. The van der Waals surface area contributed by atoms with Gasteiger partial charge in [-0.15, -0.1) is 0 Å². The summed E-state index contributed by atoms with van der Waals surface area (Å²) in [6, 6.07) is 25.3. The van der Waals surface area contributed by atoms with Crippen molar-refractivity contribution in [2.45, 2.75) is 58.0 Å². The van der Waals surface area contributed by atoms with Crippen LogP contribution in [0.1, 0.15) is 74.8 Å². The smallest absolute Gasteiger partial charge is 0.178 e. The van der Waals surface area contributed by atoms with Gasteiger partial charge in [-0.25, -0.2) is 8.78 Å². The van der Waals surface area contributed by atoms with E-state index < -0.39 is 22.7 Å². The fourth-order valence-corrected chi connectivity index (χ4v) is 10.9. The van der Waals surface area contributed by atoms with E-state index in [2.05, 4.69) is 81.1 Å². The van der Waals surface area contributed by atoms with Gasteiger partial charge >= 0.3 is 0 Å². The summed E-state index contributed by atoms with van der Waals surface area (Å²) in [6.45, 7) is 12.2. The second kappa shape index (κ2) is 12.3. The van der Waals surface area contributed by atoms with E-state index >= 15 is 8.78 Å². The number of anilines is 1. The van der Waals surface area contributed by atoms with Crippen molar-refractivity contribution >= 4 is 22.5 Å². The molecule has 2 fully saturated rings. The van der Waals surface area contributed by atoms with Crippen LogP contribution in [0.25, 0.3) is 28.0 Å². The normalized spacial score (nSPS) is 21.7. The summed E-state index contributed by atoms with van der Waals surface area (Å²) >= 11 is 0. The van der Waals surface area contributed by atoms with E-state index in [9.17, 15) is 0 Å². The summed E-state index contributed by atoms with van der Waals surface area (Å²) < 4.78 is 56.6. The lowest BCUT2D eigenvalue weighted by atomic mass is 9.52. The average molecular weight is 728 g/mol. The molecule has 4 aliphatic rings. The van der Waals surface area contributed by atoms with Gasteiger partial charge in [0.15, 0.2) is 5.60 Å². The third kappa shape index (κ3) is 5.33. The number of fused-ring (bicyclic) bond motifs is 10. The highest BCUT2D eigenvalue weighted by molar-refractivity contribution is 6.09. The van der Waals surface area contributed by atoms with Crippen LogP contribution >= 0.6 is 0 Å². The molecule has 0 N–H and O–H groups in total. The molecule has 278 valence electrons. The number of nitrogens with zero attached hydrogens (tertiary/aromatic N) is 1. The Morgan fingerprint density at radius 3 is 1.96 bits per heavy atom. The highest BCUT2D eigenvalue weighted by Crippen LogP contribution is 2.67. The van der Waals surface area contributed by atoms with Crippen molar-refractivity contribution in [3.8, 4) is 28.4 Å². The van der Waals surface area contributed by atoms with Crippen LogP contribution in [0.15, 0.2) is 84.9 Å². The maximum absolute atomic E-state index is 16.7. The Hall–Kier alpha value is -4.88. The van der Waals surface area contributed by atoms with Gasteiger partial charge in [0.2, 0.25) is 0 Å². The van der Waals surface area contributed by atoms with Crippen molar-refractivity contribution in [1.29, 1.82) is 0 Å². The van der Waals surface area contributed by atoms with Gasteiger partial charge in [-0.05, 0) is 107 Å². The SMILES string of the molecule is COc1ccc(C2(c3ccc(N4CCOCC4)cc3)C=Cc3c4c(c5ccc(OC)cc5c3O2)-c2cc(F)cc(F)c2C42CC(C)(C)CC(C)(C)C2)cc1. The predicted octanol–water partition coefficient (Wildman–Crippen LogP) is 10.8. The topological polar surface area (TPSA) is 40.2 Å². The molecule has 1 saturated carbocycles. The lowest BCUT2D eigenvalue weighted by molar-refractivity contribution is 0.0627. The first kappa shape index (κ1) is 34.9. The summed E-state index contributed by atoms with van der Waals surface area (Å²) in [6.07, 6.45) is 6.78. The molecule has 1 spiro atoms. The Balaban J connectivity index is 1.33. The van der Waals surface area contributed by atoms with Crippen molar-refractivity contribution in [2.24, 2.45) is 10.8 Å². The second-order valence-electron chi connectivity index (χ2n) is 17.2. The van der Waals surface area contributed by atoms with Crippen LogP contribution in [0.2, 0.25) is 0 Å². The minimum atomic E-state index is -1.02. The number of morpholine rings is 1. The standard InChI is InChI=1S/C47H47F2NO4/c1-44(2)26-45(3,4)28-46(27-44)41-38(23-31(48)24-39(41)49)40-35-16-15-34(52-6)25-37(35)43-36(42(40)46)17-18-47(54-43,30-9-13-33(51-5)14-10-30)29-7-11-32(12-8-29)50-19-21-53-22-20-50/h7-18,23-25H,19-22,26-28H2,1-6H3. The maximum Gasteiger partial charge on any atom is 0.178 e. The highest BCUT2D eigenvalue weighted by atomic mass is 19.1. The zero-order valence-corrected chi connectivity index (χ0v) is 31.9. The monoisotopic (exact) mass is 727 g/mol. The van der Waals surface area contributed by atoms with Gasteiger partial charge in [-0.3, -0.25) is 0 Å². The molecule has 1 atom stereocenters. The van der Waals surface area contributed by atoms with E-state index in [1.54, 1.807) is 20.3 Å². The van der Waals surface area contributed by atoms with Crippen LogP contribution in [0, 0.1) is 22.5 Å². The summed E-state index contributed by atoms with van der Waals surface area (Å²) in [5.74, 6) is 1.06.